The van der Waals surface area contributed by atoms with Crippen molar-refractivity contribution in [2.24, 2.45) is 0 Å². The van der Waals surface area contributed by atoms with E-state index < -0.39 is 5.78 Å². The Balaban J connectivity index is 1.90. The molecule has 0 N–H and O–H groups in total. The van der Waals surface area contributed by atoms with Gasteiger partial charge in [0.1, 0.15) is 16.6 Å². The summed E-state index contributed by atoms with van der Waals surface area (Å²) in [5.41, 5.74) is 1.53. The molecule has 0 atom stereocenters. The lowest BCUT2D eigenvalue weighted by molar-refractivity contribution is 0.101. The zero-order chi connectivity index (χ0) is 16.2. The monoisotopic (exact) mass is 384 g/mol. The summed E-state index contributed by atoms with van der Waals surface area (Å²) in [4.78, 5) is 16.6. The Morgan fingerprint density at radius 3 is 2.91 bits per heavy atom. The van der Waals surface area contributed by atoms with Gasteiger partial charge in [-0.2, -0.15) is 5.26 Å². The predicted octanol–water partition coefficient (Wildman–Crippen LogP) is 4.96. The van der Waals surface area contributed by atoms with Gasteiger partial charge in [-0.15, -0.1) is 11.3 Å². The number of hydrogen-bond donors (Lipinski definition) is 0. The molecule has 6 heteroatoms. The predicted molar refractivity (Wildman–Crippen MR) is 91.9 cm³/mol. The first-order chi connectivity index (χ1) is 11.2. The number of furan rings is 1. The summed E-state index contributed by atoms with van der Waals surface area (Å²) in [5, 5.41) is 11.8. The topological polar surface area (TPSA) is 66.9 Å². The molecule has 0 spiro atoms. The average molecular weight is 385 g/mol. The zero-order valence-electron chi connectivity index (χ0n) is 11.7. The van der Waals surface area contributed by atoms with Gasteiger partial charge in [0.25, 0.3) is 0 Å². The van der Waals surface area contributed by atoms with Crippen LogP contribution in [0.15, 0.2) is 62.5 Å². The van der Waals surface area contributed by atoms with Gasteiger partial charge in [0, 0.05) is 15.4 Å². The molecular weight excluding hydrogens is 376 g/mol. The summed E-state index contributed by atoms with van der Waals surface area (Å²) in [7, 11) is 0. The highest BCUT2D eigenvalue weighted by atomic mass is 79.9. The van der Waals surface area contributed by atoms with Crippen molar-refractivity contribution in [3.05, 3.63) is 69.5 Å². The molecule has 23 heavy (non-hydrogen) atoms. The van der Waals surface area contributed by atoms with Crippen LogP contribution in [-0.4, -0.2) is 10.8 Å². The van der Waals surface area contributed by atoms with E-state index >= 15 is 0 Å². The van der Waals surface area contributed by atoms with Crippen molar-refractivity contribution in [2.75, 3.05) is 0 Å². The van der Waals surface area contributed by atoms with E-state index in [1.54, 1.807) is 6.07 Å². The van der Waals surface area contributed by atoms with Crippen LogP contribution in [0.3, 0.4) is 0 Å². The number of rotatable bonds is 4. The summed E-state index contributed by atoms with van der Waals surface area (Å²) < 4.78 is 6.00. The fraction of sp³-hybridized carbons (Fsp3) is 0. The normalized spacial score (nSPS) is 11.2. The molecule has 2 aromatic heterocycles. The first-order valence-electron chi connectivity index (χ1n) is 6.59. The molecule has 0 radical (unpaired) electrons. The van der Waals surface area contributed by atoms with Crippen LogP contribution in [-0.2, 0) is 0 Å². The minimum Gasteiger partial charge on any atom is -0.461 e. The summed E-state index contributed by atoms with van der Waals surface area (Å²) in [6.45, 7) is 0. The maximum Gasteiger partial charge on any atom is 0.238 e. The molecule has 0 saturated carbocycles. The maximum atomic E-state index is 12.1. The van der Waals surface area contributed by atoms with Gasteiger partial charge < -0.3 is 4.42 Å². The lowest BCUT2D eigenvalue weighted by atomic mass is 10.1. The highest BCUT2D eigenvalue weighted by molar-refractivity contribution is 9.10. The van der Waals surface area contributed by atoms with Crippen molar-refractivity contribution >= 4 is 39.1 Å². The van der Waals surface area contributed by atoms with Gasteiger partial charge in [-0.3, -0.25) is 4.79 Å². The van der Waals surface area contributed by atoms with Gasteiger partial charge >= 0.3 is 0 Å². The average Bonchev–Trinajstić information content (AvgIpc) is 3.23. The van der Waals surface area contributed by atoms with E-state index in [0.29, 0.717) is 5.69 Å². The van der Waals surface area contributed by atoms with E-state index in [9.17, 15) is 10.1 Å². The molecule has 0 aliphatic rings. The SMILES string of the molecule is N#C/C(=C\c1csc(-c2cccc(Br)c2)n1)C(=O)c1ccco1. The number of Topliss-reactive ketones (excluding diaryl/α,β-unsaturated/α-hetero) is 1. The van der Waals surface area contributed by atoms with E-state index in [2.05, 4.69) is 20.9 Å². The minimum atomic E-state index is -0.450. The number of carbonyl (C=O) groups excluding carboxylic acids is 1. The minimum absolute atomic E-state index is 0.00829. The Morgan fingerprint density at radius 1 is 1.35 bits per heavy atom. The summed E-state index contributed by atoms with van der Waals surface area (Å²) in [6.07, 6.45) is 2.87. The van der Waals surface area contributed by atoms with Gasteiger partial charge in [0.15, 0.2) is 5.76 Å². The fourth-order valence-electron chi connectivity index (χ4n) is 1.94. The molecule has 3 rings (SSSR count). The first-order valence-corrected chi connectivity index (χ1v) is 8.26. The molecule has 0 amide bonds. The van der Waals surface area contributed by atoms with Crippen LogP contribution in [0.25, 0.3) is 16.6 Å². The van der Waals surface area contributed by atoms with Crippen LogP contribution in [0.4, 0.5) is 0 Å². The summed E-state index contributed by atoms with van der Waals surface area (Å²) >= 11 is 4.88. The number of halogens is 1. The lowest BCUT2D eigenvalue weighted by Crippen LogP contribution is -2.00. The van der Waals surface area contributed by atoms with Crippen molar-refractivity contribution in [1.82, 2.24) is 4.98 Å². The summed E-state index contributed by atoms with van der Waals surface area (Å²) in [5.74, 6) is -0.310. The molecule has 0 saturated heterocycles. The van der Waals surface area contributed by atoms with Crippen molar-refractivity contribution in [3.8, 4) is 16.6 Å². The van der Waals surface area contributed by atoms with E-state index in [4.69, 9.17) is 4.42 Å². The van der Waals surface area contributed by atoms with Gasteiger partial charge in [-0.05, 0) is 30.3 Å². The Bertz CT molecular complexity index is 920. The Hall–Kier alpha value is -2.49. The third kappa shape index (κ3) is 3.47. The Kier molecular flexibility index (Phi) is 4.51. The van der Waals surface area contributed by atoms with E-state index in [1.165, 1.54) is 29.7 Å². The number of carbonyl (C=O) groups is 1. The number of nitriles is 1. The number of allylic oxidation sites excluding steroid dienone is 1. The van der Waals surface area contributed by atoms with Gasteiger partial charge in [-0.25, -0.2) is 4.98 Å². The molecular formula is C17H9BrN2O2S. The number of benzene rings is 1. The molecule has 0 aliphatic heterocycles. The number of hydrogen-bond acceptors (Lipinski definition) is 5. The Labute approximate surface area is 144 Å². The highest BCUT2D eigenvalue weighted by Crippen LogP contribution is 2.27. The molecule has 0 unspecified atom stereocenters. The number of aromatic nitrogens is 1. The summed E-state index contributed by atoms with van der Waals surface area (Å²) in [6, 6.07) is 12.8. The molecule has 112 valence electrons. The number of thiazole rings is 1. The van der Waals surface area contributed by atoms with Crippen LogP contribution in [0, 0.1) is 11.3 Å². The zero-order valence-corrected chi connectivity index (χ0v) is 14.1. The molecule has 4 nitrogen and oxygen atoms in total. The molecule has 0 fully saturated rings. The second kappa shape index (κ2) is 6.73. The second-order valence-corrected chi connectivity index (χ2v) is 6.34. The van der Waals surface area contributed by atoms with Gasteiger partial charge in [0.2, 0.25) is 5.78 Å². The van der Waals surface area contributed by atoms with Crippen LogP contribution in [0.2, 0.25) is 0 Å². The lowest BCUT2D eigenvalue weighted by Gasteiger charge is -1.96. The highest BCUT2D eigenvalue weighted by Gasteiger charge is 2.15. The van der Waals surface area contributed by atoms with Crippen molar-refractivity contribution in [2.45, 2.75) is 0 Å². The molecule has 0 bridgehead atoms. The third-order valence-corrected chi connectivity index (χ3v) is 4.40. The molecule has 2 heterocycles. The van der Waals surface area contributed by atoms with Crippen molar-refractivity contribution < 1.29 is 9.21 Å². The van der Waals surface area contributed by atoms with E-state index in [0.717, 1.165) is 15.0 Å². The maximum absolute atomic E-state index is 12.1. The molecule has 0 aliphatic carbocycles. The van der Waals surface area contributed by atoms with Crippen LogP contribution < -0.4 is 0 Å². The standard InChI is InChI=1S/C17H9BrN2O2S/c18-13-4-1-3-11(7-13)17-20-14(10-23-17)8-12(9-19)16(21)15-5-2-6-22-15/h1-8,10H/b12-8+. The van der Waals surface area contributed by atoms with Gasteiger partial charge in [0.05, 0.1) is 12.0 Å². The second-order valence-electron chi connectivity index (χ2n) is 4.56. The van der Waals surface area contributed by atoms with E-state index in [-0.39, 0.29) is 11.3 Å². The van der Waals surface area contributed by atoms with Crippen molar-refractivity contribution in [1.29, 1.82) is 5.26 Å². The van der Waals surface area contributed by atoms with Crippen LogP contribution >= 0.6 is 27.3 Å². The van der Waals surface area contributed by atoms with Gasteiger partial charge in [-0.1, -0.05) is 28.1 Å². The van der Waals surface area contributed by atoms with Crippen LogP contribution in [0.1, 0.15) is 16.2 Å². The largest absolute Gasteiger partial charge is 0.461 e. The molecule has 3 aromatic rings. The van der Waals surface area contributed by atoms with Crippen LogP contribution in [0.5, 0.6) is 0 Å². The Morgan fingerprint density at radius 2 is 2.22 bits per heavy atom. The number of ketones is 1. The molecule has 1 aromatic carbocycles. The smallest absolute Gasteiger partial charge is 0.238 e. The van der Waals surface area contributed by atoms with E-state index in [1.807, 2.05) is 35.7 Å². The van der Waals surface area contributed by atoms with Crippen molar-refractivity contribution in [3.63, 3.8) is 0 Å². The quantitative estimate of drug-likeness (QED) is 0.362. The fourth-order valence-corrected chi connectivity index (χ4v) is 3.12. The number of nitrogens with zero attached hydrogens (tertiary/aromatic N) is 2. The third-order valence-electron chi connectivity index (χ3n) is 3.00. The first kappa shape index (κ1) is 15.4.